The molecule has 110 valence electrons. The van der Waals surface area contributed by atoms with Crippen LogP contribution in [0.15, 0.2) is 0 Å². The van der Waals surface area contributed by atoms with Crippen molar-refractivity contribution in [2.75, 3.05) is 0 Å². The quantitative estimate of drug-likeness (QED) is 0.885. The van der Waals surface area contributed by atoms with E-state index < -0.39 is 0 Å². The molecule has 2 fully saturated rings. The zero-order chi connectivity index (χ0) is 14.3. The van der Waals surface area contributed by atoms with Gasteiger partial charge in [-0.1, -0.05) is 25.2 Å². The molecule has 1 aromatic heterocycles. The summed E-state index contributed by atoms with van der Waals surface area (Å²) >= 11 is 1.57. The first-order valence-corrected chi connectivity index (χ1v) is 8.23. The van der Waals surface area contributed by atoms with E-state index in [1.807, 2.05) is 0 Å². The van der Waals surface area contributed by atoms with Gasteiger partial charge in [0.15, 0.2) is 0 Å². The van der Waals surface area contributed by atoms with Crippen LogP contribution in [0.4, 0.5) is 0 Å². The second kappa shape index (κ2) is 5.41. The van der Waals surface area contributed by atoms with Gasteiger partial charge in [-0.15, -0.1) is 10.2 Å². The molecule has 2 aliphatic carbocycles. The highest BCUT2D eigenvalue weighted by Gasteiger charge is 2.48. The molecule has 0 aromatic carbocycles. The molecule has 2 aliphatic rings. The zero-order valence-corrected chi connectivity index (χ0v) is 12.8. The molecule has 6 heteroatoms. The van der Waals surface area contributed by atoms with Gasteiger partial charge in [-0.3, -0.25) is 4.79 Å². The van der Waals surface area contributed by atoms with Gasteiger partial charge in [0.25, 0.3) is 0 Å². The van der Waals surface area contributed by atoms with Crippen LogP contribution in [-0.4, -0.2) is 22.1 Å². The van der Waals surface area contributed by atoms with Crippen molar-refractivity contribution >= 4 is 17.2 Å². The summed E-state index contributed by atoms with van der Waals surface area (Å²) in [7, 11) is 0. The molecule has 0 aliphatic heterocycles. The molecule has 2 bridgehead atoms. The van der Waals surface area contributed by atoms with E-state index in [0.717, 1.165) is 22.9 Å². The summed E-state index contributed by atoms with van der Waals surface area (Å²) in [6, 6.07) is 0.0504. The fraction of sp³-hybridized carbons (Fsp3) is 0.786. The number of fused-ring (bicyclic) bond motifs is 2. The van der Waals surface area contributed by atoms with E-state index in [1.165, 1.54) is 6.42 Å². The molecule has 1 heterocycles. The first kappa shape index (κ1) is 13.9. The van der Waals surface area contributed by atoms with Crippen LogP contribution in [0.25, 0.3) is 0 Å². The summed E-state index contributed by atoms with van der Waals surface area (Å²) in [4.78, 5) is 12.3. The fourth-order valence-corrected chi connectivity index (χ4v) is 4.36. The number of rotatable bonds is 4. The number of nitrogens with zero attached hydrogens (tertiary/aromatic N) is 2. The van der Waals surface area contributed by atoms with Gasteiger partial charge in [-0.25, -0.2) is 0 Å². The van der Waals surface area contributed by atoms with Crippen LogP contribution in [0.5, 0.6) is 0 Å². The second-order valence-corrected chi connectivity index (χ2v) is 7.44. The molecule has 2 saturated carbocycles. The Morgan fingerprint density at radius 2 is 2.15 bits per heavy atom. The van der Waals surface area contributed by atoms with Gasteiger partial charge in [-0.05, 0) is 31.1 Å². The molecule has 1 aromatic rings. The van der Waals surface area contributed by atoms with E-state index in [1.54, 1.807) is 11.3 Å². The summed E-state index contributed by atoms with van der Waals surface area (Å²) in [5, 5.41) is 13.2. The van der Waals surface area contributed by atoms with Gasteiger partial charge in [0.1, 0.15) is 10.0 Å². The SMILES string of the molecule is CC(C)c1nnc(CNC(=O)C2C3CCC(C3)C2N)s1. The van der Waals surface area contributed by atoms with Crippen LogP contribution < -0.4 is 11.1 Å². The second-order valence-electron chi connectivity index (χ2n) is 6.34. The third-order valence-corrected chi connectivity index (χ3v) is 5.90. The number of nitrogens with two attached hydrogens (primary N) is 1. The minimum Gasteiger partial charge on any atom is -0.349 e. The minimum absolute atomic E-state index is 0.00578. The maximum Gasteiger partial charge on any atom is 0.225 e. The Bertz CT molecular complexity index is 499. The third kappa shape index (κ3) is 2.46. The number of carbonyl (C=O) groups is 1. The number of aromatic nitrogens is 2. The van der Waals surface area contributed by atoms with E-state index in [9.17, 15) is 4.79 Å². The number of amides is 1. The Kier molecular flexibility index (Phi) is 3.77. The molecule has 3 rings (SSSR count). The van der Waals surface area contributed by atoms with Gasteiger partial charge in [0.05, 0.1) is 12.5 Å². The zero-order valence-electron chi connectivity index (χ0n) is 12.0. The van der Waals surface area contributed by atoms with E-state index in [-0.39, 0.29) is 17.9 Å². The van der Waals surface area contributed by atoms with E-state index >= 15 is 0 Å². The van der Waals surface area contributed by atoms with Crippen molar-refractivity contribution in [2.45, 2.75) is 51.6 Å². The summed E-state index contributed by atoms with van der Waals surface area (Å²) in [5.74, 6) is 1.55. The predicted molar refractivity (Wildman–Crippen MR) is 78.1 cm³/mol. The molecule has 3 N–H and O–H groups in total. The Balaban J connectivity index is 1.57. The van der Waals surface area contributed by atoms with Gasteiger partial charge >= 0.3 is 0 Å². The van der Waals surface area contributed by atoms with E-state index in [4.69, 9.17) is 5.73 Å². The monoisotopic (exact) mass is 294 g/mol. The molecule has 5 nitrogen and oxygen atoms in total. The van der Waals surface area contributed by atoms with Crippen LogP contribution in [-0.2, 0) is 11.3 Å². The third-order valence-electron chi connectivity index (χ3n) is 4.67. The van der Waals surface area contributed by atoms with Crippen LogP contribution >= 0.6 is 11.3 Å². The molecule has 20 heavy (non-hydrogen) atoms. The van der Waals surface area contributed by atoms with Crippen LogP contribution in [0, 0.1) is 17.8 Å². The maximum atomic E-state index is 12.3. The fourth-order valence-electron chi connectivity index (χ4n) is 3.58. The van der Waals surface area contributed by atoms with Gasteiger partial charge in [0, 0.05) is 12.0 Å². The van der Waals surface area contributed by atoms with Crippen molar-refractivity contribution in [2.24, 2.45) is 23.5 Å². The van der Waals surface area contributed by atoms with Crippen molar-refractivity contribution in [3.63, 3.8) is 0 Å². The molecular weight excluding hydrogens is 272 g/mol. The average Bonchev–Trinajstić information content (AvgIpc) is 3.11. The largest absolute Gasteiger partial charge is 0.349 e. The average molecular weight is 294 g/mol. The molecule has 1 amide bonds. The number of hydrogen-bond acceptors (Lipinski definition) is 5. The lowest BCUT2D eigenvalue weighted by molar-refractivity contribution is -0.127. The van der Waals surface area contributed by atoms with Gasteiger partial charge < -0.3 is 11.1 Å². The molecule has 4 atom stereocenters. The number of nitrogens with one attached hydrogen (secondary N) is 1. The summed E-state index contributed by atoms with van der Waals surface area (Å²) in [5.41, 5.74) is 6.19. The highest BCUT2D eigenvalue weighted by atomic mass is 32.1. The first-order valence-electron chi connectivity index (χ1n) is 7.42. The van der Waals surface area contributed by atoms with Crippen LogP contribution in [0.3, 0.4) is 0 Å². The highest BCUT2D eigenvalue weighted by molar-refractivity contribution is 7.11. The first-order chi connectivity index (χ1) is 9.56. The minimum atomic E-state index is 0.00578. The van der Waals surface area contributed by atoms with Gasteiger partial charge in [0.2, 0.25) is 5.91 Å². The van der Waals surface area contributed by atoms with Gasteiger partial charge in [-0.2, -0.15) is 0 Å². The van der Waals surface area contributed by atoms with Crippen LogP contribution in [0.2, 0.25) is 0 Å². The van der Waals surface area contributed by atoms with Crippen molar-refractivity contribution in [3.05, 3.63) is 10.0 Å². The summed E-state index contributed by atoms with van der Waals surface area (Å²) in [6.45, 7) is 4.66. The topological polar surface area (TPSA) is 80.9 Å². The Hall–Kier alpha value is -1.01. The van der Waals surface area contributed by atoms with Crippen molar-refractivity contribution in [1.82, 2.24) is 15.5 Å². The normalized spacial score (nSPS) is 32.0. The van der Waals surface area contributed by atoms with Crippen molar-refractivity contribution in [3.8, 4) is 0 Å². The lowest BCUT2D eigenvalue weighted by atomic mass is 9.84. The molecular formula is C14H22N4OS. The van der Waals surface area contributed by atoms with E-state index in [0.29, 0.717) is 24.3 Å². The predicted octanol–water partition coefficient (Wildman–Crippen LogP) is 1.65. The lowest BCUT2D eigenvalue weighted by Gasteiger charge is -2.26. The highest BCUT2D eigenvalue weighted by Crippen LogP contribution is 2.47. The standard InChI is InChI=1S/C14H22N4OS/c1-7(2)14-18-17-10(20-14)6-16-13(19)11-8-3-4-9(5-8)12(11)15/h7-9,11-12H,3-6,15H2,1-2H3,(H,16,19). The van der Waals surface area contributed by atoms with Crippen molar-refractivity contribution in [1.29, 1.82) is 0 Å². The number of hydrogen-bond donors (Lipinski definition) is 2. The van der Waals surface area contributed by atoms with Crippen LogP contribution in [0.1, 0.15) is 49.0 Å². The Morgan fingerprint density at radius 3 is 2.75 bits per heavy atom. The molecule has 0 radical (unpaired) electrons. The van der Waals surface area contributed by atoms with E-state index in [2.05, 4.69) is 29.4 Å². The number of carbonyl (C=O) groups excluding carboxylic acids is 1. The Labute approximate surface area is 123 Å². The Morgan fingerprint density at radius 1 is 1.40 bits per heavy atom. The molecule has 4 unspecified atom stereocenters. The van der Waals surface area contributed by atoms with Crippen molar-refractivity contribution < 1.29 is 4.79 Å². The smallest absolute Gasteiger partial charge is 0.225 e. The summed E-state index contributed by atoms with van der Waals surface area (Å²) < 4.78 is 0. The summed E-state index contributed by atoms with van der Waals surface area (Å²) in [6.07, 6.45) is 3.49. The molecule has 0 spiro atoms. The maximum absolute atomic E-state index is 12.3. The lowest BCUT2D eigenvalue weighted by Crippen LogP contribution is -2.45. The molecule has 0 saturated heterocycles.